The lowest BCUT2D eigenvalue weighted by atomic mass is 9.96. The van der Waals surface area contributed by atoms with Crippen molar-refractivity contribution in [1.29, 1.82) is 0 Å². The van der Waals surface area contributed by atoms with Gasteiger partial charge in [0.2, 0.25) is 5.91 Å². The number of aryl methyl sites for hydroxylation is 2. The Morgan fingerprint density at radius 3 is 2.73 bits per heavy atom. The van der Waals surface area contributed by atoms with Crippen LogP contribution in [0.5, 0.6) is 5.75 Å². The highest BCUT2D eigenvalue weighted by atomic mass is 16.3. The van der Waals surface area contributed by atoms with Gasteiger partial charge in [-0.2, -0.15) is 5.10 Å². The van der Waals surface area contributed by atoms with Crippen LogP contribution in [-0.4, -0.2) is 38.8 Å². The van der Waals surface area contributed by atoms with Crippen molar-refractivity contribution in [2.75, 3.05) is 18.4 Å². The Bertz CT molecular complexity index is 1010. The zero-order chi connectivity index (χ0) is 21.1. The molecular weight excluding hydrogens is 376 g/mol. The molecule has 0 radical (unpaired) electrons. The van der Waals surface area contributed by atoms with Crippen LogP contribution in [-0.2, 0) is 11.3 Å². The smallest absolute Gasteiger partial charge is 0.228 e. The molecule has 2 N–H and O–H groups in total. The molecule has 0 bridgehead atoms. The maximum atomic E-state index is 12.9. The molecule has 0 spiro atoms. The highest BCUT2D eigenvalue weighted by Crippen LogP contribution is 2.26. The molecule has 1 aromatic heterocycles. The van der Waals surface area contributed by atoms with Crippen molar-refractivity contribution in [3.8, 4) is 11.4 Å². The van der Waals surface area contributed by atoms with Crippen LogP contribution in [0.2, 0.25) is 0 Å². The number of piperidine rings is 1. The largest absolute Gasteiger partial charge is 0.507 e. The van der Waals surface area contributed by atoms with Gasteiger partial charge in [0.05, 0.1) is 11.6 Å². The zero-order valence-corrected chi connectivity index (χ0v) is 17.5. The second kappa shape index (κ2) is 8.71. The van der Waals surface area contributed by atoms with Crippen LogP contribution in [0.25, 0.3) is 5.69 Å². The second-order valence-corrected chi connectivity index (χ2v) is 8.14. The highest BCUT2D eigenvalue weighted by Gasteiger charge is 2.26. The summed E-state index contributed by atoms with van der Waals surface area (Å²) in [6.07, 6.45) is 5.52. The van der Waals surface area contributed by atoms with Gasteiger partial charge in [-0.15, -0.1) is 0 Å². The molecule has 156 valence electrons. The van der Waals surface area contributed by atoms with E-state index in [0.29, 0.717) is 5.75 Å². The van der Waals surface area contributed by atoms with E-state index in [1.165, 1.54) is 5.56 Å². The van der Waals surface area contributed by atoms with E-state index in [9.17, 15) is 9.90 Å². The molecule has 0 unspecified atom stereocenters. The predicted octanol–water partition coefficient (Wildman–Crippen LogP) is 4.05. The topological polar surface area (TPSA) is 70.4 Å². The third-order valence-corrected chi connectivity index (χ3v) is 5.72. The van der Waals surface area contributed by atoms with E-state index in [1.54, 1.807) is 10.9 Å². The summed E-state index contributed by atoms with van der Waals surface area (Å²) in [4.78, 5) is 15.3. The number of anilines is 1. The van der Waals surface area contributed by atoms with E-state index >= 15 is 0 Å². The van der Waals surface area contributed by atoms with Gasteiger partial charge >= 0.3 is 0 Å². The van der Waals surface area contributed by atoms with Crippen molar-refractivity contribution < 1.29 is 9.90 Å². The monoisotopic (exact) mass is 404 g/mol. The van der Waals surface area contributed by atoms with Gasteiger partial charge in [-0.3, -0.25) is 9.69 Å². The summed E-state index contributed by atoms with van der Waals surface area (Å²) in [5.74, 6) is 0.397. The Labute approximate surface area is 177 Å². The van der Waals surface area contributed by atoms with Gasteiger partial charge in [-0.1, -0.05) is 18.2 Å². The summed E-state index contributed by atoms with van der Waals surface area (Å²) < 4.78 is 1.78. The van der Waals surface area contributed by atoms with E-state index in [-0.39, 0.29) is 11.8 Å². The minimum atomic E-state index is -0.0357. The van der Waals surface area contributed by atoms with E-state index < -0.39 is 0 Å². The van der Waals surface area contributed by atoms with Gasteiger partial charge in [0.1, 0.15) is 5.75 Å². The average Bonchev–Trinajstić information content (AvgIpc) is 3.27. The quantitative estimate of drug-likeness (QED) is 0.673. The van der Waals surface area contributed by atoms with Crippen molar-refractivity contribution >= 4 is 11.6 Å². The lowest BCUT2D eigenvalue weighted by Crippen LogP contribution is -2.40. The standard InChI is InChI=1S/C24H28N4O2/c1-17-12-19(13-18(2)23(17)29)15-27-10-4-6-20(16-27)24(30)26-21-7-3-8-22(14-21)28-11-5-9-25-28/h3,5,7-9,11-14,20,29H,4,6,10,15-16H2,1-2H3,(H,26,30)/t20-/m1/s1. The van der Waals surface area contributed by atoms with Crippen molar-refractivity contribution in [2.24, 2.45) is 5.92 Å². The van der Waals surface area contributed by atoms with Gasteiger partial charge in [-0.25, -0.2) is 4.68 Å². The van der Waals surface area contributed by atoms with Crippen LogP contribution in [0.4, 0.5) is 5.69 Å². The number of phenols is 1. The number of aromatic hydroxyl groups is 1. The number of nitrogens with zero attached hydrogens (tertiary/aromatic N) is 3. The summed E-state index contributed by atoms with van der Waals surface area (Å²) in [6.45, 7) is 6.37. The lowest BCUT2D eigenvalue weighted by Gasteiger charge is -2.32. The maximum absolute atomic E-state index is 12.9. The van der Waals surface area contributed by atoms with Gasteiger partial charge in [0, 0.05) is 31.2 Å². The molecule has 2 heterocycles. The lowest BCUT2D eigenvalue weighted by molar-refractivity contribution is -0.121. The number of carbonyl (C=O) groups excluding carboxylic acids is 1. The minimum absolute atomic E-state index is 0.0357. The number of phenolic OH excluding ortho intramolecular Hbond substituents is 1. The third-order valence-electron chi connectivity index (χ3n) is 5.72. The maximum Gasteiger partial charge on any atom is 0.228 e. The Morgan fingerprint density at radius 1 is 1.20 bits per heavy atom. The third kappa shape index (κ3) is 4.54. The number of aromatic nitrogens is 2. The molecule has 6 heteroatoms. The van der Waals surface area contributed by atoms with Crippen molar-refractivity contribution in [3.63, 3.8) is 0 Å². The first-order valence-corrected chi connectivity index (χ1v) is 10.4. The highest BCUT2D eigenvalue weighted by molar-refractivity contribution is 5.93. The Kier molecular flexibility index (Phi) is 5.86. The van der Waals surface area contributed by atoms with Crippen LogP contribution in [0.15, 0.2) is 54.9 Å². The molecule has 1 aliphatic rings. The molecule has 1 saturated heterocycles. The van der Waals surface area contributed by atoms with E-state index in [2.05, 4.69) is 15.3 Å². The number of hydrogen-bond donors (Lipinski definition) is 2. The van der Waals surface area contributed by atoms with Crippen LogP contribution in [0.1, 0.15) is 29.5 Å². The molecular formula is C24H28N4O2. The molecule has 1 amide bonds. The van der Waals surface area contributed by atoms with Crippen molar-refractivity contribution in [2.45, 2.75) is 33.2 Å². The molecule has 3 aromatic rings. The first-order valence-electron chi connectivity index (χ1n) is 10.4. The molecule has 2 aromatic carbocycles. The van der Waals surface area contributed by atoms with E-state index in [0.717, 1.165) is 55.0 Å². The Morgan fingerprint density at radius 2 is 2.00 bits per heavy atom. The number of likely N-dealkylation sites (tertiary alicyclic amines) is 1. The number of benzene rings is 2. The number of hydrogen-bond acceptors (Lipinski definition) is 4. The van der Waals surface area contributed by atoms with E-state index in [4.69, 9.17) is 0 Å². The zero-order valence-electron chi connectivity index (χ0n) is 17.5. The first kappa shape index (κ1) is 20.2. The van der Waals surface area contributed by atoms with Crippen LogP contribution >= 0.6 is 0 Å². The fraction of sp³-hybridized carbons (Fsp3) is 0.333. The van der Waals surface area contributed by atoms with Gasteiger partial charge in [0.15, 0.2) is 0 Å². The fourth-order valence-electron chi connectivity index (χ4n) is 4.20. The fourth-order valence-corrected chi connectivity index (χ4v) is 4.20. The second-order valence-electron chi connectivity index (χ2n) is 8.14. The summed E-state index contributed by atoms with van der Waals surface area (Å²) in [6, 6.07) is 13.7. The SMILES string of the molecule is Cc1cc(CN2CCC[C@@H](C(=O)Nc3cccc(-n4cccn4)c3)C2)cc(C)c1O. The summed E-state index contributed by atoms with van der Waals surface area (Å²) in [7, 11) is 0. The summed E-state index contributed by atoms with van der Waals surface area (Å²) >= 11 is 0. The van der Waals surface area contributed by atoms with Gasteiger partial charge in [-0.05, 0) is 74.2 Å². The molecule has 0 saturated carbocycles. The van der Waals surface area contributed by atoms with E-state index in [1.807, 2.05) is 62.5 Å². The van der Waals surface area contributed by atoms with Crippen molar-refractivity contribution in [1.82, 2.24) is 14.7 Å². The normalized spacial score (nSPS) is 17.1. The molecule has 1 atom stereocenters. The molecule has 6 nitrogen and oxygen atoms in total. The Hall–Kier alpha value is -3.12. The first-order chi connectivity index (χ1) is 14.5. The number of carbonyl (C=O) groups is 1. The Balaban J connectivity index is 1.40. The summed E-state index contributed by atoms with van der Waals surface area (Å²) in [5.41, 5.74) is 4.67. The predicted molar refractivity (Wildman–Crippen MR) is 118 cm³/mol. The number of rotatable bonds is 5. The van der Waals surface area contributed by atoms with Gasteiger partial charge < -0.3 is 10.4 Å². The molecule has 1 fully saturated rings. The summed E-state index contributed by atoms with van der Waals surface area (Å²) in [5, 5.41) is 17.3. The number of nitrogens with one attached hydrogen (secondary N) is 1. The van der Waals surface area contributed by atoms with Gasteiger partial charge in [0.25, 0.3) is 0 Å². The van der Waals surface area contributed by atoms with Crippen LogP contribution < -0.4 is 5.32 Å². The number of amides is 1. The molecule has 1 aliphatic heterocycles. The minimum Gasteiger partial charge on any atom is -0.507 e. The van der Waals surface area contributed by atoms with Crippen LogP contribution in [0.3, 0.4) is 0 Å². The van der Waals surface area contributed by atoms with Crippen molar-refractivity contribution in [3.05, 3.63) is 71.5 Å². The molecule has 4 rings (SSSR count). The average molecular weight is 405 g/mol. The molecule has 0 aliphatic carbocycles. The molecule has 30 heavy (non-hydrogen) atoms. The van der Waals surface area contributed by atoms with Crippen LogP contribution in [0, 0.1) is 19.8 Å².